The van der Waals surface area contributed by atoms with Crippen LogP contribution in [0.1, 0.15) is 40.2 Å². The van der Waals surface area contributed by atoms with Gasteiger partial charge in [-0.05, 0) is 41.8 Å². The summed E-state index contributed by atoms with van der Waals surface area (Å²) in [7, 11) is 4.53. The Bertz CT molecular complexity index is 3570. The number of H-pyrrole nitrogens is 1. The van der Waals surface area contributed by atoms with Crippen LogP contribution in [0.25, 0.3) is 33.8 Å². The van der Waals surface area contributed by atoms with E-state index in [1.54, 1.807) is 10.9 Å². The monoisotopic (exact) mass is 1150 g/mol. The summed E-state index contributed by atoms with van der Waals surface area (Å²) in [5.74, 6) is -6.92. The van der Waals surface area contributed by atoms with E-state index in [2.05, 4.69) is 45.9 Å². The Morgan fingerprint density at radius 3 is 2.13 bits per heavy atom. The lowest BCUT2D eigenvalue weighted by atomic mass is 10.1. The zero-order valence-electron chi connectivity index (χ0n) is 45.1. The van der Waals surface area contributed by atoms with Gasteiger partial charge in [-0.25, -0.2) is 14.4 Å². The number of nitrogens with zero attached hydrogens (tertiary/aromatic N) is 9. The average molecular weight is 1150 g/mol. The molecule has 0 saturated carbocycles. The number of methoxy groups -OCH3 is 4. The number of furan rings is 1. The van der Waals surface area contributed by atoms with Gasteiger partial charge >= 0.3 is 23.9 Å². The quantitative estimate of drug-likeness (QED) is 0.0295. The fraction of sp³-hybridized carbons (Fsp3) is 0.321. The Hall–Kier alpha value is -10.4. The summed E-state index contributed by atoms with van der Waals surface area (Å²) in [6, 6.07) is 13.9. The highest BCUT2D eigenvalue weighted by Crippen LogP contribution is 2.38. The van der Waals surface area contributed by atoms with Crippen LogP contribution in [0.4, 0.5) is 26.1 Å². The summed E-state index contributed by atoms with van der Waals surface area (Å²) < 4.78 is 80.2. The molecule has 3 aromatic carbocycles. The number of halogens is 2. The van der Waals surface area contributed by atoms with E-state index in [-0.39, 0.29) is 78.2 Å². The Kier molecular flexibility index (Phi) is 19.6. The highest BCUT2D eigenvalue weighted by Gasteiger charge is 2.27. The molecule has 8 rings (SSSR count). The van der Waals surface area contributed by atoms with Crippen molar-refractivity contribution in [2.24, 2.45) is 0 Å². The highest BCUT2D eigenvalue weighted by molar-refractivity contribution is 5.93. The summed E-state index contributed by atoms with van der Waals surface area (Å²) in [4.78, 5) is 97.4. The maximum Gasteiger partial charge on any atom is 0.325 e. The molecule has 436 valence electrons. The number of aromatic amines is 1. The molecule has 0 aliphatic heterocycles. The number of hydrogen-bond donors (Lipinski definition) is 4. The number of nitrogens with two attached hydrogens (primary N) is 1. The Morgan fingerprint density at radius 2 is 1.43 bits per heavy atom. The minimum absolute atomic E-state index is 0.0418. The molecule has 0 radical (unpaired) electrons. The molecule has 0 aliphatic carbocycles. The second-order valence-electron chi connectivity index (χ2n) is 17.9. The van der Waals surface area contributed by atoms with Gasteiger partial charge in [-0.15, -0.1) is 5.10 Å². The maximum atomic E-state index is 15.4. The van der Waals surface area contributed by atoms with Gasteiger partial charge in [0.1, 0.15) is 62.8 Å². The van der Waals surface area contributed by atoms with Crippen LogP contribution in [0.3, 0.4) is 0 Å². The molecule has 0 atom stereocenters. The molecule has 30 heteroatoms. The second-order valence-corrected chi connectivity index (χ2v) is 17.9. The van der Waals surface area contributed by atoms with E-state index >= 15 is 4.39 Å². The average Bonchev–Trinajstić information content (AvgIpc) is 4.24. The van der Waals surface area contributed by atoms with Crippen LogP contribution >= 0.6 is 0 Å². The third-order valence-corrected chi connectivity index (χ3v) is 12.2. The first kappa shape index (κ1) is 58.7. The third-order valence-electron chi connectivity index (χ3n) is 12.2. The largest absolute Gasteiger partial charge is 0.488 e. The number of carbonyl (C=O) groups is 6. The number of carbonyl (C=O) groups excluding carboxylic acids is 6. The summed E-state index contributed by atoms with van der Waals surface area (Å²) in [5.41, 5.74) is 9.24. The number of aryl methyl sites for hydroxylation is 2. The van der Waals surface area contributed by atoms with Gasteiger partial charge in [-0.2, -0.15) is 14.4 Å². The third kappa shape index (κ3) is 15.5. The van der Waals surface area contributed by atoms with Crippen LogP contribution in [0, 0.1) is 11.6 Å². The Balaban J connectivity index is 0.838. The van der Waals surface area contributed by atoms with Gasteiger partial charge in [0.25, 0.3) is 11.8 Å². The van der Waals surface area contributed by atoms with Crippen molar-refractivity contribution in [1.82, 2.24) is 50.5 Å². The first-order chi connectivity index (χ1) is 40.1. The normalized spacial score (nSPS) is 11.0. The number of hydrogen-bond acceptors (Lipinski definition) is 24. The van der Waals surface area contributed by atoms with Crippen LogP contribution in [-0.4, -0.2) is 150 Å². The predicted octanol–water partition coefficient (Wildman–Crippen LogP) is 3.62. The molecule has 83 heavy (non-hydrogen) atoms. The number of nitrogen functional groups attached to an aromatic ring is 1. The van der Waals surface area contributed by atoms with Crippen molar-refractivity contribution in [3.63, 3.8) is 0 Å². The van der Waals surface area contributed by atoms with E-state index in [0.29, 0.717) is 54.1 Å². The van der Waals surface area contributed by atoms with Crippen molar-refractivity contribution in [2.75, 3.05) is 89.9 Å². The SMILES string of the molecule is COC(=O)CN(CC(=O)OC)c1cc2oc(-c3ncc(C(=O)NCCCn4cc(CCC(=O)NCc5ccc(COc6nc(N)nc7nc[nH]c67)cc5)nn4)o3)cc2cc1OCCOc1c(N(CC(=O)OC)CC(=O)OC)ccc(F)c1F. The maximum absolute atomic E-state index is 15.4. The van der Waals surface area contributed by atoms with E-state index in [0.717, 1.165) is 56.6 Å². The van der Waals surface area contributed by atoms with Crippen LogP contribution in [0.15, 0.2) is 82.2 Å². The number of rotatable bonds is 29. The van der Waals surface area contributed by atoms with Gasteiger partial charge in [0.15, 0.2) is 23.0 Å². The number of fused-ring (bicyclic) bond motifs is 2. The lowest BCUT2D eigenvalue weighted by molar-refractivity contribution is -0.141. The van der Waals surface area contributed by atoms with Gasteiger partial charge in [0.2, 0.25) is 29.3 Å². The predicted molar refractivity (Wildman–Crippen MR) is 286 cm³/mol. The van der Waals surface area contributed by atoms with Crippen molar-refractivity contribution < 1.29 is 79.5 Å². The number of oxazole rings is 1. The van der Waals surface area contributed by atoms with Gasteiger partial charge in [-0.3, -0.25) is 33.4 Å². The minimum atomic E-state index is -1.43. The van der Waals surface area contributed by atoms with Crippen molar-refractivity contribution in [1.29, 1.82) is 0 Å². The topological polar surface area (TPSA) is 348 Å². The number of esters is 4. The number of imidazole rings is 1. The molecule has 5 aromatic heterocycles. The lowest BCUT2D eigenvalue weighted by Crippen LogP contribution is -2.36. The van der Waals surface area contributed by atoms with Gasteiger partial charge < -0.3 is 73.1 Å². The first-order valence-corrected chi connectivity index (χ1v) is 25.3. The highest BCUT2D eigenvalue weighted by atomic mass is 19.2. The van der Waals surface area contributed by atoms with Gasteiger partial charge in [0.05, 0.1) is 58.0 Å². The molecular weight excluding hydrogens is 1100 g/mol. The molecule has 5 heterocycles. The van der Waals surface area contributed by atoms with Crippen LogP contribution in [0.2, 0.25) is 0 Å². The standard InChI is InChI=1S/C53H55F2N13O15/c1-75-42(70)24-66(25-43(71)76-2)35-12-11-34(54)46(55)48(35)80-17-16-79-38-18-32-19-39(82-37(32)20-36(38)67(26-44(72)77-3)27-45(73)78-4)51-59-22-40(83-51)50(74)57-14-5-15-68-23-33(64-65-68)10-13-41(69)58-21-30-6-8-31(9-7-30)28-81-52-47-49(61-29-60-47)62-53(56)63-52/h6-9,11-12,18-20,22-23,29H,5,10,13-17,21,24-28H2,1-4H3,(H,57,74)(H,58,69)(H3,56,60,61,62,63). The number of aromatic nitrogens is 8. The number of anilines is 3. The van der Waals surface area contributed by atoms with Crippen molar-refractivity contribution in [2.45, 2.75) is 39.0 Å². The smallest absolute Gasteiger partial charge is 0.325 e. The summed E-state index contributed by atoms with van der Waals surface area (Å²) in [6.07, 6.45) is 5.44. The Labute approximate surface area is 469 Å². The molecule has 0 fully saturated rings. The molecule has 28 nitrogen and oxygen atoms in total. The molecule has 0 spiro atoms. The zero-order chi connectivity index (χ0) is 59.0. The molecule has 0 unspecified atom stereocenters. The molecule has 0 saturated heterocycles. The molecule has 0 aliphatic rings. The second kappa shape index (κ2) is 27.6. The van der Waals surface area contributed by atoms with Crippen LogP contribution in [0.5, 0.6) is 17.4 Å². The fourth-order valence-electron chi connectivity index (χ4n) is 8.01. The van der Waals surface area contributed by atoms with E-state index in [9.17, 15) is 33.2 Å². The van der Waals surface area contributed by atoms with Gasteiger partial charge in [0, 0.05) is 50.1 Å². The van der Waals surface area contributed by atoms with Gasteiger partial charge in [-0.1, -0.05) is 29.5 Å². The van der Waals surface area contributed by atoms with E-state index in [1.807, 2.05) is 24.3 Å². The molecular formula is C53H55F2N13O15. The summed E-state index contributed by atoms with van der Waals surface area (Å²) in [6.45, 7) is -1.69. The molecule has 0 bridgehead atoms. The fourth-order valence-corrected chi connectivity index (χ4v) is 8.01. The molecule has 5 N–H and O–H groups in total. The van der Waals surface area contributed by atoms with Crippen molar-refractivity contribution in [3.8, 4) is 29.0 Å². The Morgan fingerprint density at radius 1 is 0.759 bits per heavy atom. The van der Waals surface area contributed by atoms with Crippen LogP contribution in [-0.2, 0) is 69.0 Å². The van der Waals surface area contributed by atoms with Crippen LogP contribution < -0.4 is 40.4 Å². The number of benzene rings is 3. The summed E-state index contributed by atoms with van der Waals surface area (Å²) >= 11 is 0. The molecule has 8 aromatic rings. The zero-order valence-corrected chi connectivity index (χ0v) is 45.1. The number of amides is 2. The van der Waals surface area contributed by atoms with E-state index in [1.165, 1.54) is 35.6 Å². The number of ether oxygens (including phenoxy) is 7. The number of nitrogens with one attached hydrogen (secondary N) is 3. The van der Waals surface area contributed by atoms with E-state index < -0.39 is 80.0 Å². The van der Waals surface area contributed by atoms with Crippen molar-refractivity contribution in [3.05, 3.63) is 108 Å². The first-order valence-electron chi connectivity index (χ1n) is 25.3. The minimum Gasteiger partial charge on any atom is -0.488 e. The van der Waals surface area contributed by atoms with E-state index in [4.69, 9.17) is 47.7 Å². The molecule has 2 amide bonds. The van der Waals surface area contributed by atoms with Crippen molar-refractivity contribution >= 4 is 75.1 Å². The summed E-state index contributed by atoms with van der Waals surface area (Å²) in [5, 5.41) is 14.4. The lowest BCUT2D eigenvalue weighted by Gasteiger charge is -2.26.